The van der Waals surface area contributed by atoms with Gasteiger partial charge in [0.15, 0.2) is 11.5 Å². The molecule has 0 aromatic heterocycles. The lowest BCUT2D eigenvalue weighted by Crippen LogP contribution is -2.15. The molecule has 1 aromatic carbocycles. The Morgan fingerprint density at radius 1 is 1.59 bits per heavy atom. The van der Waals surface area contributed by atoms with Gasteiger partial charge in [0.25, 0.3) is 0 Å². The first-order chi connectivity index (χ1) is 8.00. The fourth-order valence-corrected chi connectivity index (χ4v) is 1.59. The van der Waals surface area contributed by atoms with Gasteiger partial charge in [0, 0.05) is 11.6 Å². The summed E-state index contributed by atoms with van der Waals surface area (Å²) in [5.41, 5.74) is 5.54. The third-order valence-electron chi connectivity index (χ3n) is 2.40. The minimum Gasteiger partial charge on any atom is -0.504 e. The van der Waals surface area contributed by atoms with E-state index < -0.39 is 30.0 Å². The Balaban J connectivity index is 2.41. The zero-order valence-corrected chi connectivity index (χ0v) is 8.64. The number of nitrogens with two attached hydrogens (primary N) is 1. The van der Waals surface area contributed by atoms with Gasteiger partial charge in [-0.1, -0.05) is 0 Å². The van der Waals surface area contributed by atoms with Gasteiger partial charge < -0.3 is 25.4 Å². The minimum absolute atomic E-state index is 0.0193. The van der Waals surface area contributed by atoms with Crippen molar-refractivity contribution in [3.8, 4) is 17.2 Å². The summed E-state index contributed by atoms with van der Waals surface area (Å²) in [6, 6.07) is 0.269. The van der Waals surface area contributed by atoms with Crippen LogP contribution < -0.4 is 15.2 Å². The van der Waals surface area contributed by atoms with E-state index in [0.717, 1.165) is 0 Å². The molecule has 0 spiro atoms. The lowest BCUT2D eigenvalue weighted by Gasteiger charge is -2.13. The van der Waals surface area contributed by atoms with Crippen LogP contribution >= 0.6 is 0 Å². The number of phenols is 1. The Bertz CT molecular complexity index is 476. The quantitative estimate of drug-likeness (QED) is 0.723. The van der Waals surface area contributed by atoms with Crippen molar-refractivity contribution in [2.45, 2.75) is 12.5 Å². The summed E-state index contributed by atoms with van der Waals surface area (Å²) in [5, 5.41) is 18.1. The first kappa shape index (κ1) is 11.5. The third kappa shape index (κ3) is 1.96. The summed E-state index contributed by atoms with van der Waals surface area (Å²) in [4.78, 5) is 10.5. The predicted octanol–water partition coefficient (Wildman–Crippen LogP) is 0.734. The van der Waals surface area contributed by atoms with E-state index in [-0.39, 0.29) is 23.9 Å². The fourth-order valence-electron chi connectivity index (χ4n) is 1.59. The van der Waals surface area contributed by atoms with Gasteiger partial charge in [-0.05, 0) is 6.07 Å². The summed E-state index contributed by atoms with van der Waals surface area (Å²) in [6.45, 7) is -0.149. The van der Waals surface area contributed by atoms with E-state index in [1.165, 1.54) is 6.07 Å². The Morgan fingerprint density at radius 3 is 2.94 bits per heavy atom. The average molecular weight is 243 g/mol. The number of phenolic OH excluding ortho intramolecular Hbond substituents is 1. The number of carboxylic acid groups (broad SMARTS) is 1. The van der Waals surface area contributed by atoms with Crippen molar-refractivity contribution in [1.29, 1.82) is 0 Å². The first-order valence-corrected chi connectivity index (χ1v) is 4.79. The molecule has 1 heterocycles. The van der Waals surface area contributed by atoms with Crippen molar-refractivity contribution in [3.63, 3.8) is 0 Å². The Hall–Kier alpha value is -2.02. The van der Waals surface area contributed by atoms with Crippen molar-refractivity contribution in [3.05, 3.63) is 17.4 Å². The van der Waals surface area contributed by atoms with Gasteiger partial charge in [-0.3, -0.25) is 4.79 Å². The minimum atomic E-state index is -1.14. The van der Waals surface area contributed by atoms with Crippen LogP contribution in [-0.2, 0) is 4.79 Å². The van der Waals surface area contributed by atoms with Gasteiger partial charge >= 0.3 is 5.97 Å². The van der Waals surface area contributed by atoms with Gasteiger partial charge in [-0.25, -0.2) is 0 Å². The van der Waals surface area contributed by atoms with E-state index in [1.54, 1.807) is 0 Å². The molecule has 0 amide bonds. The lowest BCUT2D eigenvalue weighted by atomic mass is 10.0. The van der Waals surface area contributed by atoms with Gasteiger partial charge in [0.2, 0.25) is 18.4 Å². The van der Waals surface area contributed by atoms with Crippen molar-refractivity contribution in [2.75, 3.05) is 6.79 Å². The zero-order chi connectivity index (χ0) is 12.6. The summed E-state index contributed by atoms with van der Waals surface area (Å²) >= 11 is 0. The molecule has 0 saturated heterocycles. The number of fused-ring (bicyclic) bond motifs is 1. The number of ether oxygens (including phenoxy) is 2. The maximum atomic E-state index is 13.6. The van der Waals surface area contributed by atoms with Gasteiger partial charge in [-0.15, -0.1) is 0 Å². The summed E-state index contributed by atoms with van der Waals surface area (Å²) in [5.74, 6) is -2.92. The molecule has 0 aliphatic carbocycles. The SMILES string of the molecule is NC(CC(=O)O)c1cc2c(c(F)c1O)OCO2. The van der Waals surface area contributed by atoms with Crippen LogP contribution in [0.25, 0.3) is 0 Å². The number of hydrogen-bond donors (Lipinski definition) is 3. The summed E-state index contributed by atoms with van der Waals surface area (Å²) in [7, 11) is 0. The topological polar surface area (TPSA) is 102 Å². The number of rotatable bonds is 3. The highest BCUT2D eigenvalue weighted by Crippen LogP contribution is 2.43. The highest BCUT2D eigenvalue weighted by Gasteiger charge is 2.27. The monoisotopic (exact) mass is 243 g/mol. The number of aliphatic carboxylic acids is 1. The zero-order valence-electron chi connectivity index (χ0n) is 8.64. The molecule has 92 valence electrons. The van der Waals surface area contributed by atoms with Crippen molar-refractivity contribution in [2.24, 2.45) is 5.73 Å². The van der Waals surface area contributed by atoms with Crippen LogP contribution in [-0.4, -0.2) is 23.0 Å². The van der Waals surface area contributed by atoms with Crippen LogP contribution in [0.2, 0.25) is 0 Å². The largest absolute Gasteiger partial charge is 0.504 e. The highest BCUT2D eigenvalue weighted by molar-refractivity contribution is 5.68. The molecule has 4 N–H and O–H groups in total. The maximum Gasteiger partial charge on any atom is 0.305 e. The molecule has 0 fully saturated rings. The van der Waals surface area contributed by atoms with E-state index in [0.29, 0.717) is 0 Å². The van der Waals surface area contributed by atoms with E-state index in [2.05, 4.69) is 0 Å². The van der Waals surface area contributed by atoms with E-state index >= 15 is 0 Å². The average Bonchev–Trinajstić information content (AvgIpc) is 2.70. The smallest absolute Gasteiger partial charge is 0.305 e. The second-order valence-corrected chi connectivity index (χ2v) is 3.57. The van der Waals surface area contributed by atoms with Crippen molar-refractivity contribution >= 4 is 5.97 Å². The standard InChI is InChI=1S/C10H10FNO5/c11-8-9(15)4(5(12)2-7(13)14)1-6-10(8)17-3-16-6/h1,5,15H,2-3,12H2,(H,13,14). The molecule has 0 bridgehead atoms. The molecule has 0 radical (unpaired) electrons. The Labute approximate surface area is 95.4 Å². The molecule has 2 rings (SSSR count). The van der Waals surface area contributed by atoms with Crippen LogP contribution in [0.1, 0.15) is 18.0 Å². The van der Waals surface area contributed by atoms with Crippen LogP contribution in [0.3, 0.4) is 0 Å². The van der Waals surface area contributed by atoms with E-state index in [4.69, 9.17) is 20.3 Å². The molecule has 0 saturated carbocycles. The second-order valence-electron chi connectivity index (χ2n) is 3.57. The van der Waals surface area contributed by atoms with Gasteiger partial charge in [0.1, 0.15) is 0 Å². The molecule has 1 unspecified atom stereocenters. The van der Waals surface area contributed by atoms with Crippen LogP contribution in [0.4, 0.5) is 4.39 Å². The summed E-state index contributed by atoms with van der Waals surface area (Å²) < 4.78 is 23.4. The molecular weight excluding hydrogens is 233 g/mol. The maximum absolute atomic E-state index is 13.6. The van der Waals surface area contributed by atoms with E-state index in [1.807, 2.05) is 0 Å². The Kier molecular flexibility index (Phi) is 2.76. The first-order valence-electron chi connectivity index (χ1n) is 4.79. The number of benzene rings is 1. The van der Waals surface area contributed by atoms with Crippen LogP contribution in [0.5, 0.6) is 17.2 Å². The fraction of sp³-hybridized carbons (Fsp3) is 0.300. The van der Waals surface area contributed by atoms with Crippen LogP contribution in [0, 0.1) is 5.82 Å². The highest BCUT2D eigenvalue weighted by atomic mass is 19.1. The molecule has 1 aliphatic heterocycles. The Morgan fingerprint density at radius 2 is 2.29 bits per heavy atom. The normalized spacial score (nSPS) is 14.7. The van der Waals surface area contributed by atoms with Gasteiger partial charge in [-0.2, -0.15) is 4.39 Å². The number of halogens is 1. The molecule has 17 heavy (non-hydrogen) atoms. The lowest BCUT2D eigenvalue weighted by molar-refractivity contribution is -0.137. The second kappa shape index (κ2) is 4.10. The van der Waals surface area contributed by atoms with Crippen molar-refractivity contribution < 1.29 is 28.9 Å². The molecular formula is C10H10FNO5. The number of carboxylic acids is 1. The number of hydrogen-bond acceptors (Lipinski definition) is 5. The van der Waals surface area contributed by atoms with Gasteiger partial charge in [0.05, 0.1) is 6.42 Å². The van der Waals surface area contributed by atoms with Crippen LogP contribution in [0.15, 0.2) is 6.07 Å². The predicted molar refractivity (Wildman–Crippen MR) is 53.4 cm³/mol. The summed E-state index contributed by atoms with van der Waals surface area (Å²) in [6.07, 6.45) is -0.424. The number of carbonyl (C=O) groups is 1. The van der Waals surface area contributed by atoms with E-state index in [9.17, 15) is 14.3 Å². The van der Waals surface area contributed by atoms with Crippen molar-refractivity contribution in [1.82, 2.24) is 0 Å². The molecule has 6 nitrogen and oxygen atoms in total. The molecule has 7 heteroatoms. The number of aromatic hydroxyl groups is 1. The molecule has 1 atom stereocenters. The molecule has 1 aliphatic rings. The third-order valence-corrected chi connectivity index (χ3v) is 2.40. The molecule has 1 aromatic rings.